The highest BCUT2D eigenvalue weighted by Crippen LogP contribution is 2.22. The third-order valence-corrected chi connectivity index (χ3v) is 3.78. The molecule has 1 N–H and O–H groups in total. The molecule has 1 aromatic heterocycles. The van der Waals surface area contributed by atoms with Gasteiger partial charge in [-0.2, -0.15) is 4.98 Å². The van der Waals surface area contributed by atoms with Crippen molar-refractivity contribution in [2.24, 2.45) is 0 Å². The Kier molecular flexibility index (Phi) is 4.62. The molecule has 112 valence electrons. The summed E-state index contributed by atoms with van der Waals surface area (Å²) in [5.41, 5.74) is 0.568. The van der Waals surface area contributed by atoms with Crippen molar-refractivity contribution in [3.05, 3.63) is 34.4 Å². The minimum atomic E-state index is -0.350. The number of hydrogen-bond acceptors (Lipinski definition) is 5. The number of rotatable bonds is 4. The van der Waals surface area contributed by atoms with E-state index >= 15 is 0 Å². The fourth-order valence-electron chi connectivity index (χ4n) is 2.26. The summed E-state index contributed by atoms with van der Waals surface area (Å²) in [5.74, 6) is 0.416. The zero-order valence-electron chi connectivity index (χ0n) is 11.3. The normalized spacial score (nSPS) is 16.3. The molecule has 1 aliphatic heterocycles. The smallest absolute Gasteiger partial charge is 0.252 e. The van der Waals surface area contributed by atoms with E-state index in [1.165, 1.54) is 12.1 Å². The molecule has 0 saturated carbocycles. The van der Waals surface area contributed by atoms with Crippen LogP contribution in [0.5, 0.6) is 0 Å². The van der Waals surface area contributed by atoms with Crippen LogP contribution in [0, 0.1) is 5.82 Å². The number of nitrogens with zero attached hydrogens (tertiary/aromatic N) is 2. The summed E-state index contributed by atoms with van der Waals surface area (Å²) in [7, 11) is 0. The van der Waals surface area contributed by atoms with E-state index in [2.05, 4.69) is 31.4 Å². The molecular weight excluding hydrogens is 341 g/mol. The number of nitrogens with one attached hydrogen (secondary N) is 1. The first-order valence-electron chi connectivity index (χ1n) is 6.82. The van der Waals surface area contributed by atoms with Gasteiger partial charge in [-0.15, -0.1) is 0 Å². The van der Waals surface area contributed by atoms with Crippen molar-refractivity contribution < 1.29 is 13.7 Å². The number of halogens is 2. The molecule has 0 bridgehead atoms. The first-order valence-corrected chi connectivity index (χ1v) is 7.61. The molecule has 5 nitrogen and oxygen atoms in total. The zero-order valence-corrected chi connectivity index (χ0v) is 12.9. The summed E-state index contributed by atoms with van der Waals surface area (Å²) in [6.07, 6.45) is 2.19. The maximum atomic E-state index is 13.4. The predicted molar refractivity (Wildman–Crippen MR) is 78.1 cm³/mol. The fourth-order valence-corrected chi connectivity index (χ4v) is 2.73. The van der Waals surface area contributed by atoms with Gasteiger partial charge >= 0.3 is 0 Å². The monoisotopic (exact) mass is 355 g/mol. The van der Waals surface area contributed by atoms with Crippen LogP contribution in [-0.4, -0.2) is 29.3 Å². The summed E-state index contributed by atoms with van der Waals surface area (Å²) in [4.78, 5) is 4.24. The lowest BCUT2D eigenvalue weighted by Crippen LogP contribution is -2.32. The Morgan fingerprint density at radius 2 is 2.14 bits per heavy atom. The number of aromatic nitrogens is 2. The minimum absolute atomic E-state index is 0.227. The summed E-state index contributed by atoms with van der Waals surface area (Å²) in [6, 6.07) is 4.49. The van der Waals surface area contributed by atoms with Gasteiger partial charge in [-0.05, 0) is 44.1 Å². The topological polar surface area (TPSA) is 60.2 Å². The van der Waals surface area contributed by atoms with Gasteiger partial charge in [0, 0.05) is 10.0 Å². The van der Waals surface area contributed by atoms with Gasteiger partial charge in [0.2, 0.25) is 5.82 Å². The van der Waals surface area contributed by atoms with Crippen molar-refractivity contribution >= 4 is 15.9 Å². The maximum Gasteiger partial charge on any atom is 0.252 e. The molecule has 7 heteroatoms. The summed E-state index contributed by atoms with van der Waals surface area (Å²) in [6.45, 7) is 2.22. The van der Waals surface area contributed by atoms with Crippen molar-refractivity contribution in [1.82, 2.24) is 15.5 Å². The number of piperidine rings is 1. The molecular formula is C14H15BrFN3O2. The maximum absolute atomic E-state index is 13.4. The van der Waals surface area contributed by atoms with E-state index in [1.54, 1.807) is 6.07 Å². The Bertz CT molecular complexity index is 594. The van der Waals surface area contributed by atoms with E-state index in [0.29, 0.717) is 21.8 Å². The standard InChI is InChI=1S/C14H15BrFN3O2/c15-10-5-9(6-11(16)7-10)14-18-13(21-19-14)8-20-12-1-3-17-4-2-12/h5-7,12,17H,1-4,8H2. The number of hydrogen-bond donors (Lipinski definition) is 1. The van der Waals surface area contributed by atoms with Crippen LogP contribution < -0.4 is 5.32 Å². The van der Waals surface area contributed by atoms with Crippen LogP contribution in [-0.2, 0) is 11.3 Å². The van der Waals surface area contributed by atoms with Crippen molar-refractivity contribution in [1.29, 1.82) is 0 Å². The van der Waals surface area contributed by atoms with E-state index < -0.39 is 0 Å². The van der Waals surface area contributed by atoms with Crippen LogP contribution in [0.15, 0.2) is 27.2 Å². The Morgan fingerprint density at radius 3 is 2.90 bits per heavy atom. The molecule has 0 spiro atoms. The van der Waals surface area contributed by atoms with Crippen LogP contribution in [0.4, 0.5) is 4.39 Å². The number of ether oxygens (including phenoxy) is 1. The molecule has 0 atom stereocenters. The van der Waals surface area contributed by atoms with E-state index in [4.69, 9.17) is 9.26 Å². The second-order valence-electron chi connectivity index (χ2n) is 4.93. The SMILES string of the molecule is Fc1cc(Br)cc(-c2noc(COC3CCNCC3)n2)c1. The largest absolute Gasteiger partial charge is 0.368 e. The fraction of sp³-hybridized carbons (Fsp3) is 0.429. The third-order valence-electron chi connectivity index (χ3n) is 3.32. The van der Waals surface area contributed by atoms with Gasteiger partial charge in [0.25, 0.3) is 5.89 Å². The summed E-state index contributed by atoms with van der Waals surface area (Å²) >= 11 is 3.24. The lowest BCUT2D eigenvalue weighted by molar-refractivity contribution is 0.00859. The highest BCUT2D eigenvalue weighted by molar-refractivity contribution is 9.10. The van der Waals surface area contributed by atoms with Gasteiger partial charge in [0.05, 0.1) is 6.10 Å². The molecule has 2 aromatic rings. The van der Waals surface area contributed by atoms with Crippen molar-refractivity contribution in [2.45, 2.75) is 25.6 Å². The van der Waals surface area contributed by atoms with Crippen LogP contribution in [0.2, 0.25) is 0 Å². The number of benzene rings is 1. The second-order valence-corrected chi connectivity index (χ2v) is 5.85. The Balaban J connectivity index is 1.65. The molecule has 2 heterocycles. The summed E-state index contributed by atoms with van der Waals surface area (Å²) in [5, 5.41) is 7.14. The molecule has 1 fully saturated rings. The molecule has 3 rings (SSSR count). The molecule has 0 aliphatic carbocycles. The molecule has 0 amide bonds. The summed E-state index contributed by atoms with van der Waals surface area (Å²) < 4.78 is 24.9. The van der Waals surface area contributed by atoms with Gasteiger partial charge in [0.1, 0.15) is 12.4 Å². The van der Waals surface area contributed by atoms with Crippen LogP contribution in [0.25, 0.3) is 11.4 Å². The van der Waals surface area contributed by atoms with Gasteiger partial charge in [0.15, 0.2) is 0 Å². The highest BCUT2D eigenvalue weighted by atomic mass is 79.9. The second kappa shape index (κ2) is 6.64. The van der Waals surface area contributed by atoms with Crippen molar-refractivity contribution in [3.63, 3.8) is 0 Å². The first kappa shape index (κ1) is 14.6. The average Bonchev–Trinajstić information content (AvgIpc) is 2.94. The van der Waals surface area contributed by atoms with E-state index in [1.807, 2.05) is 0 Å². The van der Waals surface area contributed by atoms with Gasteiger partial charge in [-0.25, -0.2) is 4.39 Å². The van der Waals surface area contributed by atoms with Gasteiger partial charge < -0.3 is 14.6 Å². The Morgan fingerprint density at radius 1 is 1.33 bits per heavy atom. The zero-order chi connectivity index (χ0) is 14.7. The predicted octanol–water partition coefficient (Wildman–Crippen LogP) is 2.91. The van der Waals surface area contributed by atoms with Crippen LogP contribution in [0.3, 0.4) is 0 Å². The lowest BCUT2D eigenvalue weighted by Gasteiger charge is -2.21. The average molecular weight is 356 g/mol. The van der Waals surface area contributed by atoms with Crippen LogP contribution in [0.1, 0.15) is 18.7 Å². The Hall–Kier alpha value is -1.31. The van der Waals surface area contributed by atoms with Crippen molar-refractivity contribution in [3.8, 4) is 11.4 Å². The third kappa shape index (κ3) is 3.87. The molecule has 0 unspecified atom stereocenters. The molecule has 1 saturated heterocycles. The quantitative estimate of drug-likeness (QED) is 0.913. The first-order chi connectivity index (χ1) is 10.2. The highest BCUT2D eigenvalue weighted by Gasteiger charge is 2.16. The minimum Gasteiger partial charge on any atom is -0.368 e. The van der Waals surface area contributed by atoms with Crippen LogP contribution >= 0.6 is 15.9 Å². The van der Waals surface area contributed by atoms with Crippen molar-refractivity contribution in [2.75, 3.05) is 13.1 Å². The Labute approximate surface area is 130 Å². The van der Waals surface area contributed by atoms with E-state index in [-0.39, 0.29) is 18.5 Å². The molecule has 1 aliphatic rings. The van der Waals surface area contributed by atoms with Gasteiger partial charge in [-0.1, -0.05) is 21.1 Å². The lowest BCUT2D eigenvalue weighted by atomic mass is 10.1. The van der Waals surface area contributed by atoms with E-state index in [0.717, 1.165) is 25.9 Å². The van der Waals surface area contributed by atoms with Gasteiger partial charge in [-0.3, -0.25) is 0 Å². The molecule has 1 aromatic carbocycles. The molecule has 21 heavy (non-hydrogen) atoms. The molecule has 0 radical (unpaired) electrons. The van der Waals surface area contributed by atoms with E-state index in [9.17, 15) is 4.39 Å².